The molecule has 0 aliphatic carbocycles. The molecule has 1 aliphatic rings. The van der Waals surface area contributed by atoms with Crippen molar-refractivity contribution in [2.75, 3.05) is 25.2 Å². The minimum Gasteiger partial charge on any atom is -0.497 e. The molecule has 0 radical (unpaired) electrons. The Morgan fingerprint density at radius 3 is 2.58 bits per heavy atom. The maximum Gasteiger partial charge on any atom is 0.274 e. The first-order valence-electron chi connectivity index (χ1n) is 8.54. The van der Waals surface area contributed by atoms with Crippen LogP contribution in [-0.4, -0.2) is 60.2 Å². The Labute approximate surface area is 153 Å². The molecule has 1 aromatic heterocycles. The number of aryl methyl sites for hydroxylation is 1. The zero-order valence-electron chi connectivity index (χ0n) is 15.2. The van der Waals surface area contributed by atoms with Crippen molar-refractivity contribution in [3.63, 3.8) is 0 Å². The van der Waals surface area contributed by atoms with Crippen molar-refractivity contribution >= 4 is 15.7 Å². The zero-order chi connectivity index (χ0) is 18.9. The second-order valence-electron chi connectivity index (χ2n) is 6.41. The van der Waals surface area contributed by atoms with Crippen molar-refractivity contribution in [3.8, 4) is 17.0 Å². The van der Waals surface area contributed by atoms with E-state index in [2.05, 4.69) is 5.10 Å². The topological polar surface area (TPSA) is 81.5 Å². The average molecular weight is 377 g/mol. The lowest BCUT2D eigenvalue weighted by molar-refractivity contribution is 0.0701. The summed E-state index contributed by atoms with van der Waals surface area (Å²) in [5, 5.41) is 4.35. The highest BCUT2D eigenvalue weighted by atomic mass is 32.2. The quantitative estimate of drug-likeness (QED) is 0.793. The van der Waals surface area contributed by atoms with Crippen LogP contribution in [0.2, 0.25) is 0 Å². The van der Waals surface area contributed by atoms with Gasteiger partial charge in [0.2, 0.25) is 0 Å². The molecule has 0 bridgehead atoms. The van der Waals surface area contributed by atoms with Crippen LogP contribution in [0.1, 0.15) is 23.8 Å². The van der Waals surface area contributed by atoms with Gasteiger partial charge in [-0.25, -0.2) is 8.42 Å². The maximum absolute atomic E-state index is 12.9. The monoisotopic (exact) mass is 377 g/mol. The van der Waals surface area contributed by atoms with Crippen LogP contribution in [0.5, 0.6) is 5.75 Å². The summed E-state index contributed by atoms with van der Waals surface area (Å²) in [7, 11) is 0.344. The fraction of sp³-hybridized carbons (Fsp3) is 0.444. The minimum absolute atomic E-state index is 0.0325. The van der Waals surface area contributed by atoms with Gasteiger partial charge in [-0.1, -0.05) is 0 Å². The first-order chi connectivity index (χ1) is 12.3. The van der Waals surface area contributed by atoms with E-state index in [0.717, 1.165) is 17.0 Å². The smallest absolute Gasteiger partial charge is 0.274 e. The second kappa shape index (κ2) is 7.11. The van der Waals surface area contributed by atoms with Gasteiger partial charge in [0.05, 0.1) is 24.3 Å². The number of methoxy groups -OCH3 is 1. The summed E-state index contributed by atoms with van der Waals surface area (Å²) in [5.74, 6) is 0.697. The molecule has 1 atom stereocenters. The molecular weight excluding hydrogens is 354 g/mol. The van der Waals surface area contributed by atoms with Gasteiger partial charge in [-0.3, -0.25) is 9.48 Å². The SMILES string of the molecule is CCN(C(=O)c1cc(-c2ccc(OC)cc2)n(C)n1)C1CCS(=O)(=O)C1. The van der Waals surface area contributed by atoms with Crippen molar-refractivity contribution in [1.29, 1.82) is 0 Å². The fourth-order valence-electron chi connectivity index (χ4n) is 3.34. The third kappa shape index (κ3) is 3.60. The molecule has 2 heterocycles. The molecule has 3 rings (SSSR count). The summed E-state index contributed by atoms with van der Waals surface area (Å²) < 4.78 is 30.3. The van der Waals surface area contributed by atoms with Gasteiger partial charge in [-0.15, -0.1) is 0 Å². The molecule has 1 aliphatic heterocycles. The molecule has 8 heteroatoms. The summed E-state index contributed by atoms with van der Waals surface area (Å²) in [6, 6.07) is 8.99. The van der Waals surface area contributed by atoms with Gasteiger partial charge in [0, 0.05) is 25.2 Å². The summed E-state index contributed by atoms with van der Waals surface area (Å²) in [5.41, 5.74) is 2.06. The molecule has 26 heavy (non-hydrogen) atoms. The Morgan fingerprint density at radius 1 is 1.35 bits per heavy atom. The molecule has 1 unspecified atom stereocenters. The molecule has 1 fully saturated rings. The summed E-state index contributed by atoms with van der Waals surface area (Å²) in [6.07, 6.45) is 0.486. The maximum atomic E-state index is 12.9. The molecule has 7 nitrogen and oxygen atoms in total. The van der Waals surface area contributed by atoms with Gasteiger partial charge in [0.1, 0.15) is 5.75 Å². The minimum atomic E-state index is -3.05. The average Bonchev–Trinajstić information content (AvgIpc) is 3.18. The Morgan fingerprint density at radius 2 is 2.04 bits per heavy atom. The van der Waals surface area contributed by atoms with Gasteiger partial charge in [-0.05, 0) is 43.7 Å². The number of carbonyl (C=O) groups excluding carboxylic acids is 1. The number of ether oxygens (including phenoxy) is 1. The lowest BCUT2D eigenvalue weighted by atomic mass is 10.1. The van der Waals surface area contributed by atoms with Crippen molar-refractivity contribution in [1.82, 2.24) is 14.7 Å². The number of aromatic nitrogens is 2. The van der Waals surface area contributed by atoms with Gasteiger partial charge >= 0.3 is 0 Å². The Bertz CT molecular complexity index is 903. The normalized spacial score (nSPS) is 18.7. The van der Waals surface area contributed by atoms with Gasteiger partial charge in [-0.2, -0.15) is 5.10 Å². The number of carbonyl (C=O) groups is 1. The fourth-order valence-corrected chi connectivity index (χ4v) is 5.07. The van der Waals surface area contributed by atoms with Crippen LogP contribution < -0.4 is 4.74 Å². The van der Waals surface area contributed by atoms with Crippen LogP contribution in [-0.2, 0) is 16.9 Å². The third-order valence-corrected chi connectivity index (χ3v) is 6.49. The summed E-state index contributed by atoms with van der Waals surface area (Å²) >= 11 is 0. The lowest BCUT2D eigenvalue weighted by Gasteiger charge is -2.25. The number of benzene rings is 1. The van der Waals surface area contributed by atoms with Crippen molar-refractivity contribution in [2.45, 2.75) is 19.4 Å². The number of nitrogens with zero attached hydrogens (tertiary/aromatic N) is 3. The Balaban J connectivity index is 1.85. The van der Waals surface area contributed by atoms with Gasteiger partial charge in [0.25, 0.3) is 5.91 Å². The van der Waals surface area contributed by atoms with Crippen LogP contribution in [0.25, 0.3) is 11.3 Å². The standard InChI is InChI=1S/C18H23N3O4S/c1-4-21(14-9-10-26(23,24)12-14)18(22)16-11-17(20(2)19-16)13-5-7-15(25-3)8-6-13/h5-8,11,14H,4,9-10,12H2,1-3H3. The predicted molar refractivity (Wildman–Crippen MR) is 99.0 cm³/mol. The summed E-state index contributed by atoms with van der Waals surface area (Å²) in [4.78, 5) is 14.5. The van der Waals surface area contributed by atoms with Crippen LogP contribution in [0, 0.1) is 0 Å². The molecular formula is C18H23N3O4S. The van der Waals surface area contributed by atoms with E-state index in [1.54, 1.807) is 29.8 Å². The van der Waals surface area contributed by atoms with Crippen LogP contribution in [0.3, 0.4) is 0 Å². The molecule has 1 aromatic carbocycles. The van der Waals surface area contributed by atoms with E-state index < -0.39 is 9.84 Å². The van der Waals surface area contributed by atoms with E-state index in [9.17, 15) is 13.2 Å². The number of hydrogen-bond donors (Lipinski definition) is 0. The highest BCUT2D eigenvalue weighted by Crippen LogP contribution is 2.25. The lowest BCUT2D eigenvalue weighted by Crippen LogP contribution is -2.41. The molecule has 140 valence electrons. The van der Waals surface area contributed by atoms with E-state index in [4.69, 9.17) is 4.74 Å². The van der Waals surface area contributed by atoms with Crippen molar-refractivity contribution < 1.29 is 17.9 Å². The van der Waals surface area contributed by atoms with E-state index in [1.807, 2.05) is 31.2 Å². The number of rotatable bonds is 5. The first kappa shape index (κ1) is 18.4. The molecule has 0 spiro atoms. The van der Waals surface area contributed by atoms with Gasteiger partial charge < -0.3 is 9.64 Å². The molecule has 0 N–H and O–H groups in total. The predicted octanol–water partition coefficient (Wildman–Crippen LogP) is 1.74. The van der Waals surface area contributed by atoms with Crippen molar-refractivity contribution in [2.24, 2.45) is 7.05 Å². The molecule has 2 aromatic rings. The van der Waals surface area contributed by atoms with E-state index >= 15 is 0 Å². The third-order valence-electron chi connectivity index (χ3n) is 4.74. The van der Waals surface area contributed by atoms with Crippen LogP contribution >= 0.6 is 0 Å². The van der Waals surface area contributed by atoms with Crippen LogP contribution in [0.15, 0.2) is 30.3 Å². The summed E-state index contributed by atoms with van der Waals surface area (Å²) in [6.45, 7) is 2.31. The largest absolute Gasteiger partial charge is 0.497 e. The van der Waals surface area contributed by atoms with Crippen molar-refractivity contribution in [3.05, 3.63) is 36.0 Å². The number of sulfone groups is 1. The molecule has 0 saturated carbocycles. The number of amides is 1. The highest BCUT2D eigenvalue weighted by Gasteiger charge is 2.35. The van der Waals surface area contributed by atoms with E-state index in [-0.39, 0.29) is 23.5 Å². The Hall–Kier alpha value is -2.35. The van der Waals surface area contributed by atoms with E-state index in [0.29, 0.717) is 18.7 Å². The molecule has 1 saturated heterocycles. The first-order valence-corrected chi connectivity index (χ1v) is 10.4. The van der Waals surface area contributed by atoms with E-state index in [1.165, 1.54) is 0 Å². The highest BCUT2D eigenvalue weighted by molar-refractivity contribution is 7.91. The van der Waals surface area contributed by atoms with Gasteiger partial charge in [0.15, 0.2) is 15.5 Å². The van der Waals surface area contributed by atoms with Crippen LogP contribution in [0.4, 0.5) is 0 Å². The second-order valence-corrected chi connectivity index (χ2v) is 8.64. The zero-order valence-corrected chi connectivity index (χ0v) is 16.0. The Kier molecular flexibility index (Phi) is 5.04. The molecule has 1 amide bonds. The number of hydrogen-bond acceptors (Lipinski definition) is 5.